The van der Waals surface area contributed by atoms with E-state index in [-0.39, 0.29) is 11.7 Å². The molecule has 2 rings (SSSR count). The van der Waals surface area contributed by atoms with Crippen molar-refractivity contribution in [1.82, 2.24) is 14.8 Å². The summed E-state index contributed by atoms with van der Waals surface area (Å²) >= 11 is 1.09. The number of hydrogen-bond donors (Lipinski definition) is 2. The first-order valence-corrected chi connectivity index (χ1v) is 7.13. The number of carboxylic acid groups (broad SMARTS) is 1. The average Bonchev–Trinajstić information content (AvgIpc) is 2.77. The Labute approximate surface area is 121 Å². The Hall–Kier alpha value is -2.02. The molecule has 2 aromatic rings. The van der Waals surface area contributed by atoms with Crippen LogP contribution in [0.5, 0.6) is 0 Å². The second-order valence-electron chi connectivity index (χ2n) is 4.61. The molecule has 0 radical (unpaired) electrons. The molecule has 0 aliphatic rings. The Morgan fingerprint density at radius 2 is 2.20 bits per heavy atom. The van der Waals surface area contributed by atoms with Crippen molar-refractivity contribution in [3.63, 3.8) is 0 Å². The highest BCUT2D eigenvalue weighted by Crippen LogP contribution is 2.25. The van der Waals surface area contributed by atoms with E-state index >= 15 is 0 Å². The number of rotatable bonds is 5. The van der Waals surface area contributed by atoms with Gasteiger partial charge in [0.05, 0.1) is 11.4 Å². The third-order valence-corrected chi connectivity index (χ3v) is 3.69. The molecule has 0 spiro atoms. The number of carboxylic acids is 1. The van der Waals surface area contributed by atoms with Gasteiger partial charge in [-0.2, -0.15) is 0 Å². The number of hydrogen-bond acceptors (Lipinski definition) is 5. The van der Waals surface area contributed by atoms with E-state index in [2.05, 4.69) is 24.0 Å². The summed E-state index contributed by atoms with van der Waals surface area (Å²) in [5.41, 5.74) is 7.85. The van der Waals surface area contributed by atoms with E-state index in [4.69, 9.17) is 10.8 Å². The number of thioether (sulfide) groups is 1. The minimum Gasteiger partial charge on any atom is -0.481 e. The van der Waals surface area contributed by atoms with Crippen LogP contribution in [0.15, 0.2) is 29.4 Å². The number of carbonyl (C=O) groups is 1. The number of nitrogens with two attached hydrogens (primary N) is 1. The predicted molar refractivity (Wildman–Crippen MR) is 78.2 cm³/mol. The average molecular weight is 292 g/mol. The smallest absolute Gasteiger partial charge is 0.313 e. The molecule has 0 atom stereocenters. The molecule has 1 heterocycles. The lowest BCUT2D eigenvalue weighted by Gasteiger charge is -2.11. The van der Waals surface area contributed by atoms with E-state index in [0.29, 0.717) is 11.1 Å². The molecule has 0 bridgehead atoms. The highest BCUT2D eigenvalue weighted by Gasteiger charge is 2.14. The monoisotopic (exact) mass is 292 g/mol. The topological polar surface area (TPSA) is 94.0 Å². The van der Waals surface area contributed by atoms with Crippen LogP contribution in [0.25, 0.3) is 5.69 Å². The predicted octanol–water partition coefficient (Wildman–Crippen LogP) is 2.15. The van der Waals surface area contributed by atoms with Crippen molar-refractivity contribution in [2.24, 2.45) is 0 Å². The van der Waals surface area contributed by atoms with Crippen LogP contribution in [0, 0.1) is 0 Å². The summed E-state index contributed by atoms with van der Waals surface area (Å²) in [7, 11) is 0. The fraction of sp³-hybridized carbons (Fsp3) is 0.308. The Balaban J connectivity index is 2.38. The van der Waals surface area contributed by atoms with Gasteiger partial charge in [0.15, 0.2) is 5.16 Å². The summed E-state index contributed by atoms with van der Waals surface area (Å²) in [5.74, 6) is -0.345. The van der Waals surface area contributed by atoms with E-state index < -0.39 is 5.97 Å². The van der Waals surface area contributed by atoms with Gasteiger partial charge in [0.25, 0.3) is 0 Å². The number of aliphatic carboxylic acids is 1. The minimum atomic E-state index is -0.904. The number of nitrogen functional groups attached to an aromatic ring is 1. The third kappa shape index (κ3) is 3.11. The molecule has 20 heavy (non-hydrogen) atoms. The van der Waals surface area contributed by atoms with Crippen molar-refractivity contribution < 1.29 is 9.90 Å². The van der Waals surface area contributed by atoms with Gasteiger partial charge in [-0.25, -0.2) is 0 Å². The SMILES string of the molecule is CC(C)c1cccc(-n2c(N)nnc2SCC(=O)O)c1. The molecule has 0 aliphatic heterocycles. The summed E-state index contributed by atoms with van der Waals surface area (Å²) in [4.78, 5) is 10.7. The van der Waals surface area contributed by atoms with Crippen LogP contribution in [0.3, 0.4) is 0 Å². The van der Waals surface area contributed by atoms with Gasteiger partial charge in [-0.3, -0.25) is 9.36 Å². The zero-order valence-electron chi connectivity index (χ0n) is 11.3. The maximum Gasteiger partial charge on any atom is 0.313 e. The highest BCUT2D eigenvalue weighted by molar-refractivity contribution is 7.99. The van der Waals surface area contributed by atoms with Gasteiger partial charge < -0.3 is 10.8 Å². The van der Waals surface area contributed by atoms with E-state index in [1.54, 1.807) is 4.57 Å². The summed E-state index contributed by atoms with van der Waals surface area (Å²) in [6, 6.07) is 7.89. The van der Waals surface area contributed by atoms with Gasteiger partial charge in [-0.05, 0) is 23.6 Å². The van der Waals surface area contributed by atoms with E-state index in [0.717, 1.165) is 17.4 Å². The van der Waals surface area contributed by atoms with Crippen LogP contribution in [-0.4, -0.2) is 31.6 Å². The first-order chi connectivity index (χ1) is 9.49. The maximum atomic E-state index is 10.7. The van der Waals surface area contributed by atoms with Crippen LogP contribution in [0.4, 0.5) is 5.95 Å². The van der Waals surface area contributed by atoms with Gasteiger partial charge in [0.2, 0.25) is 5.95 Å². The van der Waals surface area contributed by atoms with Crippen molar-refractivity contribution in [3.8, 4) is 5.69 Å². The summed E-state index contributed by atoms with van der Waals surface area (Å²) in [6.45, 7) is 4.21. The molecule has 0 unspecified atom stereocenters. The molecule has 1 aromatic heterocycles. The normalized spacial score (nSPS) is 10.9. The Morgan fingerprint density at radius 1 is 1.45 bits per heavy atom. The first-order valence-electron chi connectivity index (χ1n) is 6.15. The van der Waals surface area contributed by atoms with E-state index in [1.165, 1.54) is 5.56 Å². The fourth-order valence-corrected chi connectivity index (χ4v) is 2.45. The van der Waals surface area contributed by atoms with Crippen LogP contribution >= 0.6 is 11.8 Å². The van der Waals surface area contributed by atoms with Crippen LogP contribution in [-0.2, 0) is 4.79 Å². The lowest BCUT2D eigenvalue weighted by atomic mass is 10.0. The standard InChI is InChI=1S/C13H16N4O2S/c1-8(2)9-4-3-5-10(6-9)17-12(14)15-16-13(17)20-7-11(18)19/h3-6,8H,7H2,1-2H3,(H2,14,15)(H,18,19). The fourth-order valence-electron chi connectivity index (χ4n) is 1.77. The van der Waals surface area contributed by atoms with Gasteiger partial charge in [-0.15, -0.1) is 10.2 Å². The first kappa shape index (κ1) is 14.4. The van der Waals surface area contributed by atoms with E-state index in [1.807, 2.05) is 24.3 Å². The minimum absolute atomic E-state index is 0.0813. The summed E-state index contributed by atoms with van der Waals surface area (Å²) in [5, 5.41) is 17.0. The van der Waals surface area contributed by atoms with Gasteiger partial charge in [0.1, 0.15) is 0 Å². The lowest BCUT2D eigenvalue weighted by molar-refractivity contribution is -0.133. The quantitative estimate of drug-likeness (QED) is 0.820. The molecule has 0 amide bonds. The van der Waals surface area contributed by atoms with Crippen LogP contribution in [0.2, 0.25) is 0 Å². The summed E-state index contributed by atoms with van der Waals surface area (Å²) in [6.07, 6.45) is 0. The Kier molecular flexibility index (Phi) is 4.29. The van der Waals surface area contributed by atoms with Crippen molar-refractivity contribution in [3.05, 3.63) is 29.8 Å². The number of aromatic nitrogens is 3. The maximum absolute atomic E-state index is 10.7. The molecule has 1 aromatic carbocycles. The highest BCUT2D eigenvalue weighted by atomic mass is 32.2. The second kappa shape index (κ2) is 5.96. The molecule has 3 N–H and O–H groups in total. The number of anilines is 1. The lowest BCUT2D eigenvalue weighted by Crippen LogP contribution is -2.05. The van der Waals surface area contributed by atoms with Gasteiger partial charge >= 0.3 is 5.97 Å². The molecular formula is C13H16N4O2S. The molecular weight excluding hydrogens is 276 g/mol. The Morgan fingerprint density at radius 3 is 2.85 bits per heavy atom. The number of nitrogens with zero attached hydrogens (tertiary/aromatic N) is 3. The number of benzene rings is 1. The molecule has 0 aliphatic carbocycles. The van der Waals surface area contributed by atoms with E-state index in [9.17, 15) is 4.79 Å². The van der Waals surface area contributed by atoms with Gasteiger partial charge in [-0.1, -0.05) is 37.7 Å². The molecule has 106 valence electrons. The zero-order valence-corrected chi connectivity index (χ0v) is 12.1. The Bertz CT molecular complexity index is 625. The second-order valence-corrected chi connectivity index (χ2v) is 5.55. The largest absolute Gasteiger partial charge is 0.481 e. The molecule has 6 nitrogen and oxygen atoms in total. The van der Waals surface area contributed by atoms with Crippen LogP contribution < -0.4 is 5.73 Å². The van der Waals surface area contributed by atoms with Crippen molar-refractivity contribution in [1.29, 1.82) is 0 Å². The van der Waals surface area contributed by atoms with Gasteiger partial charge in [0, 0.05) is 0 Å². The van der Waals surface area contributed by atoms with Crippen LogP contribution in [0.1, 0.15) is 25.3 Å². The molecule has 0 saturated heterocycles. The summed E-state index contributed by atoms with van der Waals surface area (Å²) < 4.78 is 1.67. The molecule has 7 heteroatoms. The molecule has 0 saturated carbocycles. The third-order valence-electron chi connectivity index (χ3n) is 2.78. The van der Waals surface area contributed by atoms with Crippen molar-refractivity contribution in [2.75, 3.05) is 11.5 Å². The van der Waals surface area contributed by atoms with Crippen molar-refractivity contribution >= 4 is 23.7 Å². The molecule has 0 fully saturated rings. The zero-order chi connectivity index (χ0) is 14.7. The van der Waals surface area contributed by atoms with Crippen molar-refractivity contribution in [2.45, 2.75) is 24.9 Å².